The Kier molecular flexibility index (Phi) is 3.41. The lowest BCUT2D eigenvalue weighted by Crippen LogP contribution is -2.15. The number of halogens is 1. The molecule has 2 rings (SSSR count). The highest BCUT2D eigenvalue weighted by atomic mass is 35.5. The fraction of sp³-hybridized carbons (Fsp3) is 0.154. The highest BCUT2D eigenvalue weighted by Crippen LogP contribution is 2.36. The van der Waals surface area contributed by atoms with Crippen LogP contribution in [0.2, 0.25) is 5.02 Å². The van der Waals surface area contributed by atoms with Crippen molar-refractivity contribution in [3.05, 3.63) is 40.9 Å². The quantitative estimate of drug-likeness (QED) is 0.797. The van der Waals surface area contributed by atoms with Crippen LogP contribution in [0.4, 0.5) is 0 Å². The number of phenolic OH excluding ortho intramolecular Hbond substituents is 1. The van der Waals surface area contributed by atoms with Crippen molar-refractivity contribution in [2.24, 2.45) is 5.73 Å². The van der Waals surface area contributed by atoms with Crippen LogP contribution < -0.4 is 5.73 Å². The molecule has 0 saturated carbocycles. The lowest BCUT2D eigenvalue weighted by atomic mass is 9.96. The number of fused-ring (bicyclic) bond motifs is 1. The zero-order valence-electron chi connectivity index (χ0n) is 9.43. The molecule has 0 amide bonds. The van der Waals surface area contributed by atoms with Crippen molar-refractivity contribution >= 4 is 28.3 Å². The molecule has 94 valence electrons. The zero-order valence-corrected chi connectivity index (χ0v) is 10.2. The molecule has 0 aliphatic heterocycles. The molecule has 0 fully saturated rings. The Labute approximate surface area is 109 Å². The fourth-order valence-electron chi connectivity index (χ4n) is 2.01. The highest BCUT2D eigenvalue weighted by Gasteiger charge is 2.18. The molecule has 0 aliphatic rings. The highest BCUT2D eigenvalue weighted by molar-refractivity contribution is 6.32. The van der Waals surface area contributed by atoms with Gasteiger partial charge < -0.3 is 15.9 Å². The fourth-order valence-corrected chi connectivity index (χ4v) is 2.36. The molecule has 5 heteroatoms. The number of aromatic hydroxyl groups is 1. The summed E-state index contributed by atoms with van der Waals surface area (Å²) in [5.74, 6) is -0.933. The molecule has 0 radical (unpaired) electrons. The van der Waals surface area contributed by atoms with Gasteiger partial charge in [0.25, 0.3) is 0 Å². The molecule has 2 aromatic carbocycles. The van der Waals surface area contributed by atoms with Crippen LogP contribution in [0.25, 0.3) is 10.8 Å². The molecular formula is C13H12ClNO3. The smallest absolute Gasteiger partial charge is 0.305 e. The number of carboxylic acids is 1. The number of hydrogen-bond donors (Lipinski definition) is 3. The Balaban J connectivity index is 2.66. The van der Waals surface area contributed by atoms with Gasteiger partial charge in [0.2, 0.25) is 0 Å². The van der Waals surface area contributed by atoms with Gasteiger partial charge in [0, 0.05) is 16.5 Å². The third kappa shape index (κ3) is 2.25. The first-order valence-electron chi connectivity index (χ1n) is 5.38. The van der Waals surface area contributed by atoms with Crippen molar-refractivity contribution in [2.45, 2.75) is 12.5 Å². The van der Waals surface area contributed by atoms with Crippen LogP contribution in [0.15, 0.2) is 30.3 Å². The Morgan fingerprint density at radius 2 is 1.94 bits per heavy atom. The van der Waals surface area contributed by atoms with Crippen LogP contribution in [0, 0.1) is 0 Å². The summed E-state index contributed by atoms with van der Waals surface area (Å²) in [6.07, 6.45) is -0.214. The van der Waals surface area contributed by atoms with Gasteiger partial charge in [0.1, 0.15) is 5.75 Å². The van der Waals surface area contributed by atoms with E-state index < -0.39 is 12.0 Å². The summed E-state index contributed by atoms with van der Waals surface area (Å²) < 4.78 is 0. The first kappa shape index (κ1) is 12.7. The van der Waals surface area contributed by atoms with Crippen LogP contribution >= 0.6 is 11.6 Å². The number of carboxylic acid groups (broad SMARTS) is 1. The Bertz CT molecular complexity index is 612. The van der Waals surface area contributed by atoms with Crippen molar-refractivity contribution in [2.75, 3.05) is 0 Å². The van der Waals surface area contributed by atoms with Crippen LogP contribution in [-0.2, 0) is 4.79 Å². The minimum Gasteiger partial charge on any atom is -0.507 e. The maximum absolute atomic E-state index is 10.7. The van der Waals surface area contributed by atoms with Crippen LogP contribution in [0.5, 0.6) is 5.75 Å². The molecule has 4 N–H and O–H groups in total. The van der Waals surface area contributed by atoms with Gasteiger partial charge in [-0.3, -0.25) is 4.79 Å². The molecule has 2 aromatic rings. The second-order valence-electron chi connectivity index (χ2n) is 4.04. The second-order valence-corrected chi connectivity index (χ2v) is 4.45. The summed E-state index contributed by atoms with van der Waals surface area (Å²) in [6, 6.07) is 7.74. The van der Waals surface area contributed by atoms with Crippen molar-refractivity contribution in [1.82, 2.24) is 0 Å². The number of phenols is 1. The van der Waals surface area contributed by atoms with Crippen LogP contribution in [-0.4, -0.2) is 16.2 Å². The standard InChI is InChI=1S/C13H12ClNO3/c14-9-5-11(16)7-3-1-2-4-8(7)13(9)10(15)6-12(17)18/h1-5,10,16H,6,15H2,(H,17,18). The Morgan fingerprint density at radius 3 is 2.56 bits per heavy atom. The SMILES string of the molecule is NC(CC(=O)O)c1c(Cl)cc(O)c2ccccc12. The molecule has 1 atom stereocenters. The summed E-state index contributed by atoms with van der Waals surface area (Å²) in [7, 11) is 0. The van der Waals surface area contributed by atoms with E-state index in [-0.39, 0.29) is 17.2 Å². The minimum absolute atomic E-state index is 0.0573. The van der Waals surface area contributed by atoms with Crippen LogP contribution in [0.1, 0.15) is 18.0 Å². The summed E-state index contributed by atoms with van der Waals surface area (Å²) in [6.45, 7) is 0. The Hall–Kier alpha value is -1.78. The molecule has 0 aliphatic carbocycles. The third-order valence-corrected chi connectivity index (χ3v) is 3.09. The van der Waals surface area contributed by atoms with Crippen molar-refractivity contribution in [1.29, 1.82) is 0 Å². The second kappa shape index (κ2) is 4.84. The van der Waals surface area contributed by atoms with Crippen molar-refractivity contribution in [3.63, 3.8) is 0 Å². The van der Waals surface area contributed by atoms with Crippen molar-refractivity contribution < 1.29 is 15.0 Å². The van der Waals surface area contributed by atoms with E-state index in [0.29, 0.717) is 16.3 Å². The minimum atomic E-state index is -0.990. The number of carbonyl (C=O) groups is 1. The van der Waals surface area contributed by atoms with Gasteiger partial charge in [0.05, 0.1) is 6.42 Å². The van der Waals surface area contributed by atoms with Gasteiger partial charge >= 0.3 is 5.97 Å². The number of rotatable bonds is 3. The van der Waals surface area contributed by atoms with E-state index in [1.165, 1.54) is 6.07 Å². The number of aliphatic carboxylic acids is 1. The van der Waals surface area contributed by atoms with Gasteiger partial charge in [-0.05, 0) is 17.0 Å². The first-order chi connectivity index (χ1) is 8.50. The van der Waals surface area contributed by atoms with Crippen LogP contribution in [0.3, 0.4) is 0 Å². The predicted octanol–water partition coefficient (Wildman–Crippen LogP) is 2.67. The van der Waals surface area contributed by atoms with Gasteiger partial charge in [-0.1, -0.05) is 35.9 Å². The number of hydrogen-bond acceptors (Lipinski definition) is 3. The van der Waals surface area contributed by atoms with E-state index >= 15 is 0 Å². The maximum Gasteiger partial charge on any atom is 0.305 e. The first-order valence-corrected chi connectivity index (χ1v) is 5.76. The monoisotopic (exact) mass is 265 g/mol. The van der Waals surface area contributed by atoms with Gasteiger partial charge in [-0.2, -0.15) is 0 Å². The average molecular weight is 266 g/mol. The largest absolute Gasteiger partial charge is 0.507 e. The molecule has 0 spiro atoms. The lowest BCUT2D eigenvalue weighted by molar-refractivity contribution is -0.137. The summed E-state index contributed by atoms with van der Waals surface area (Å²) in [4.78, 5) is 10.7. The molecule has 0 bridgehead atoms. The summed E-state index contributed by atoms with van der Waals surface area (Å²) in [5.41, 5.74) is 6.41. The summed E-state index contributed by atoms with van der Waals surface area (Å²) in [5, 5.41) is 20.2. The van der Waals surface area contributed by atoms with E-state index in [1.54, 1.807) is 24.3 Å². The van der Waals surface area contributed by atoms with Gasteiger partial charge in [-0.25, -0.2) is 0 Å². The predicted molar refractivity (Wildman–Crippen MR) is 69.8 cm³/mol. The van der Waals surface area contributed by atoms with E-state index in [1.807, 2.05) is 0 Å². The van der Waals surface area contributed by atoms with E-state index in [0.717, 1.165) is 0 Å². The molecule has 0 heterocycles. The molecule has 4 nitrogen and oxygen atoms in total. The molecular weight excluding hydrogens is 254 g/mol. The molecule has 0 saturated heterocycles. The zero-order chi connectivity index (χ0) is 13.3. The normalized spacial score (nSPS) is 12.6. The maximum atomic E-state index is 10.7. The number of nitrogens with two attached hydrogens (primary N) is 1. The average Bonchev–Trinajstić information content (AvgIpc) is 2.28. The summed E-state index contributed by atoms with van der Waals surface area (Å²) >= 11 is 6.05. The van der Waals surface area contributed by atoms with Gasteiger partial charge in [0.15, 0.2) is 0 Å². The van der Waals surface area contributed by atoms with E-state index in [2.05, 4.69) is 0 Å². The van der Waals surface area contributed by atoms with Crippen molar-refractivity contribution in [3.8, 4) is 5.75 Å². The van der Waals surface area contributed by atoms with E-state index in [9.17, 15) is 9.90 Å². The lowest BCUT2D eigenvalue weighted by Gasteiger charge is -2.15. The number of benzene rings is 2. The topological polar surface area (TPSA) is 83.6 Å². The Morgan fingerprint density at radius 1 is 1.33 bits per heavy atom. The van der Waals surface area contributed by atoms with E-state index in [4.69, 9.17) is 22.4 Å². The molecule has 0 aromatic heterocycles. The molecule has 18 heavy (non-hydrogen) atoms. The molecule has 1 unspecified atom stereocenters. The third-order valence-electron chi connectivity index (χ3n) is 2.78. The van der Waals surface area contributed by atoms with Gasteiger partial charge in [-0.15, -0.1) is 0 Å².